The second-order valence-electron chi connectivity index (χ2n) is 7.35. The van der Waals surface area contributed by atoms with E-state index < -0.39 is 38.7 Å². The van der Waals surface area contributed by atoms with Crippen molar-refractivity contribution in [2.45, 2.75) is 13.3 Å². The number of rotatable bonds is 7. The Balaban J connectivity index is 1.81. The van der Waals surface area contributed by atoms with Gasteiger partial charge in [-0.25, -0.2) is 17.2 Å². The zero-order valence-corrected chi connectivity index (χ0v) is 18.9. The van der Waals surface area contributed by atoms with Crippen LogP contribution in [0.15, 0.2) is 55.0 Å². The van der Waals surface area contributed by atoms with Crippen LogP contribution in [0.1, 0.15) is 29.3 Å². The van der Waals surface area contributed by atoms with Gasteiger partial charge in [-0.1, -0.05) is 18.5 Å². The molecule has 2 heterocycles. The zero-order valence-electron chi connectivity index (χ0n) is 17.3. The number of H-pyrrole nitrogens is 1. The second-order valence-corrected chi connectivity index (χ2v) is 9.60. The van der Waals surface area contributed by atoms with Crippen molar-refractivity contribution >= 4 is 44.0 Å². The van der Waals surface area contributed by atoms with E-state index >= 15 is 4.39 Å². The summed E-state index contributed by atoms with van der Waals surface area (Å²) in [4.78, 5) is 20.1. The number of carbonyl (C=O) groups is 1. The topological polar surface area (TPSA) is 91.9 Å². The first-order chi connectivity index (χ1) is 15.7. The fourth-order valence-electron chi connectivity index (χ4n) is 3.53. The molecule has 0 aliphatic heterocycles. The Morgan fingerprint density at radius 1 is 1.09 bits per heavy atom. The number of nitrogens with one attached hydrogen (secondary N) is 2. The van der Waals surface area contributed by atoms with E-state index in [-0.39, 0.29) is 17.7 Å². The first kappa shape index (κ1) is 22.9. The van der Waals surface area contributed by atoms with Crippen LogP contribution in [-0.4, -0.2) is 29.9 Å². The molecule has 4 rings (SSSR count). The van der Waals surface area contributed by atoms with Crippen molar-refractivity contribution in [2.24, 2.45) is 0 Å². The predicted molar refractivity (Wildman–Crippen MR) is 124 cm³/mol. The number of benzene rings is 2. The molecular formula is C23H18ClF2N3O3S. The maximum Gasteiger partial charge on any atom is 0.232 e. The lowest BCUT2D eigenvalue weighted by Gasteiger charge is -2.12. The molecular weight excluding hydrogens is 472 g/mol. The summed E-state index contributed by atoms with van der Waals surface area (Å²) in [6, 6.07) is 8.84. The minimum atomic E-state index is -3.97. The highest BCUT2D eigenvalue weighted by molar-refractivity contribution is 7.92. The van der Waals surface area contributed by atoms with Crippen molar-refractivity contribution in [1.82, 2.24) is 9.97 Å². The lowest BCUT2D eigenvalue weighted by molar-refractivity contribution is 0.103. The van der Waals surface area contributed by atoms with Gasteiger partial charge >= 0.3 is 0 Å². The quantitative estimate of drug-likeness (QED) is 0.333. The molecule has 4 aromatic rings. The van der Waals surface area contributed by atoms with Crippen molar-refractivity contribution < 1.29 is 22.0 Å². The first-order valence-electron chi connectivity index (χ1n) is 9.96. The van der Waals surface area contributed by atoms with Gasteiger partial charge in [-0.15, -0.1) is 0 Å². The summed E-state index contributed by atoms with van der Waals surface area (Å²) in [7, 11) is -3.97. The van der Waals surface area contributed by atoms with Crippen LogP contribution in [-0.2, 0) is 10.0 Å². The number of sulfonamides is 1. The van der Waals surface area contributed by atoms with E-state index in [4.69, 9.17) is 11.6 Å². The summed E-state index contributed by atoms with van der Waals surface area (Å²) in [6.45, 7) is 1.62. The molecule has 0 aliphatic rings. The summed E-state index contributed by atoms with van der Waals surface area (Å²) >= 11 is 6.40. The molecule has 0 aliphatic carbocycles. The minimum absolute atomic E-state index is 0.107. The number of hydrogen-bond donors (Lipinski definition) is 2. The standard InChI is InChI=1S/C23H18ClF2N3O3S/c1-2-9-33(31,32)29-22-19(25)4-3-15(20(22)26)23(30)17-12-28-21-16(17)10-14(11-18(21)24)13-5-7-27-8-6-13/h3-8,10-12,28-29H,2,9H2,1H3. The van der Waals surface area contributed by atoms with Crippen molar-refractivity contribution in [2.75, 3.05) is 10.5 Å². The highest BCUT2D eigenvalue weighted by Crippen LogP contribution is 2.34. The maximum atomic E-state index is 15.1. The van der Waals surface area contributed by atoms with E-state index in [1.807, 2.05) is 4.72 Å². The van der Waals surface area contributed by atoms with E-state index in [1.54, 1.807) is 43.6 Å². The second kappa shape index (κ2) is 8.92. The van der Waals surface area contributed by atoms with Gasteiger partial charge in [0, 0.05) is 29.5 Å². The van der Waals surface area contributed by atoms with Gasteiger partial charge in [-0.3, -0.25) is 14.5 Å². The van der Waals surface area contributed by atoms with E-state index in [1.165, 1.54) is 6.20 Å². The van der Waals surface area contributed by atoms with Gasteiger partial charge < -0.3 is 4.98 Å². The average molecular weight is 490 g/mol. The molecule has 0 atom stereocenters. The number of ketones is 1. The largest absolute Gasteiger partial charge is 0.359 e. The molecule has 170 valence electrons. The number of anilines is 1. The Bertz CT molecular complexity index is 1470. The van der Waals surface area contributed by atoms with Crippen LogP contribution in [0.25, 0.3) is 22.0 Å². The molecule has 2 N–H and O–H groups in total. The molecule has 0 spiro atoms. The van der Waals surface area contributed by atoms with Crippen LogP contribution in [0.4, 0.5) is 14.5 Å². The number of halogens is 3. The number of pyridine rings is 1. The fourth-order valence-corrected chi connectivity index (χ4v) is 4.94. The summed E-state index contributed by atoms with van der Waals surface area (Å²) in [5, 5.41) is 0.794. The Kier molecular flexibility index (Phi) is 6.18. The molecule has 0 radical (unpaired) electrons. The lowest BCUT2D eigenvalue weighted by atomic mass is 9.98. The van der Waals surface area contributed by atoms with Crippen LogP contribution in [0.2, 0.25) is 5.02 Å². The smallest absolute Gasteiger partial charge is 0.232 e. The molecule has 0 bridgehead atoms. The van der Waals surface area contributed by atoms with Crippen LogP contribution in [0.3, 0.4) is 0 Å². The highest BCUT2D eigenvalue weighted by Gasteiger charge is 2.25. The number of fused-ring (bicyclic) bond motifs is 1. The zero-order chi connectivity index (χ0) is 23.8. The van der Waals surface area contributed by atoms with Crippen molar-refractivity contribution in [3.63, 3.8) is 0 Å². The molecule has 0 unspecified atom stereocenters. The Morgan fingerprint density at radius 2 is 1.82 bits per heavy atom. The van der Waals surface area contributed by atoms with Crippen molar-refractivity contribution in [1.29, 1.82) is 0 Å². The van der Waals surface area contributed by atoms with E-state index in [0.717, 1.165) is 23.3 Å². The normalized spacial score (nSPS) is 11.6. The van der Waals surface area contributed by atoms with Crippen LogP contribution in [0, 0.1) is 11.6 Å². The minimum Gasteiger partial charge on any atom is -0.359 e. The van der Waals surface area contributed by atoms with Gasteiger partial charge in [0.2, 0.25) is 10.0 Å². The van der Waals surface area contributed by atoms with Gasteiger partial charge in [0.05, 0.1) is 21.9 Å². The summed E-state index contributed by atoms with van der Waals surface area (Å²) < 4.78 is 55.4. The van der Waals surface area contributed by atoms with Gasteiger partial charge in [0.1, 0.15) is 11.5 Å². The Morgan fingerprint density at radius 3 is 2.52 bits per heavy atom. The number of aromatic nitrogens is 2. The number of aromatic amines is 1. The van der Waals surface area contributed by atoms with Crippen LogP contribution >= 0.6 is 11.6 Å². The van der Waals surface area contributed by atoms with E-state index in [0.29, 0.717) is 15.9 Å². The third-order valence-corrected chi connectivity index (χ3v) is 6.82. The molecule has 33 heavy (non-hydrogen) atoms. The third-order valence-electron chi connectivity index (χ3n) is 5.07. The van der Waals surface area contributed by atoms with Gasteiger partial charge in [-0.2, -0.15) is 0 Å². The van der Waals surface area contributed by atoms with Crippen LogP contribution < -0.4 is 4.72 Å². The summed E-state index contributed by atoms with van der Waals surface area (Å²) in [5.74, 6) is -3.48. The average Bonchev–Trinajstić information content (AvgIpc) is 3.21. The maximum absolute atomic E-state index is 15.1. The number of carbonyl (C=O) groups excluding carboxylic acids is 1. The van der Waals surface area contributed by atoms with E-state index in [2.05, 4.69) is 9.97 Å². The van der Waals surface area contributed by atoms with Crippen LogP contribution in [0.5, 0.6) is 0 Å². The highest BCUT2D eigenvalue weighted by atomic mass is 35.5. The first-order valence-corrected chi connectivity index (χ1v) is 12.0. The van der Waals surface area contributed by atoms with Crippen molar-refractivity contribution in [3.8, 4) is 11.1 Å². The van der Waals surface area contributed by atoms with Gasteiger partial charge in [-0.05, 0) is 53.9 Å². The monoisotopic (exact) mass is 489 g/mol. The molecule has 0 fully saturated rings. The third kappa shape index (κ3) is 4.46. The molecule has 0 saturated heterocycles. The molecule has 0 amide bonds. The van der Waals surface area contributed by atoms with Gasteiger partial charge in [0.15, 0.2) is 11.6 Å². The molecule has 6 nitrogen and oxygen atoms in total. The fraction of sp³-hybridized carbons (Fsp3) is 0.130. The Labute approximate surface area is 193 Å². The predicted octanol–water partition coefficient (Wildman–Crippen LogP) is 5.54. The SMILES string of the molecule is CCCS(=O)(=O)Nc1c(F)ccc(C(=O)c2c[nH]c3c(Cl)cc(-c4ccncc4)cc23)c1F. The Hall–Kier alpha value is -3.30. The molecule has 10 heteroatoms. The molecule has 2 aromatic heterocycles. The molecule has 0 saturated carbocycles. The van der Waals surface area contributed by atoms with Crippen molar-refractivity contribution in [3.05, 3.63) is 82.8 Å². The summed E-state index contributed by atoms with van der Waals surface area (Å²) in [5.41, 5.74) is 0.756. The lowest BCUT2D eigenvalue weighted by Crippen LogP contribution is -2.19. The number of nitrogens with zero attached hydrogens (tertiary/aromatic N) is 1. The number of hydrogen-bond acceptors (Lipinski definition) is 4. The molecule has 2 aromatic carbocycles. The van der Waals surface area contributed by atoms with E-state index in [9.17, 15) is 17.6 Å². The van der Waals surface area contributed by atoms with Gasteiger partial charge in [0.25, 0.3) is 0 Å². The summed E-state index contributed by atoms with van der Waals surface area (Å²) in [6.07, 6.45) is 4.88.